The molecule has 0 aromatic rings. The highest BCUT2D eigenvalue weighted by Crippen LogP contribution is 2.17. The third-order valence-electron chi connectivity index (χ3n) is 13.2. The second-order valence-corrected chi connectivity index (χ2v) is 19.6. The summed E-state index contributed by atoms with van der Waals surface area (Å²) in [4.78, 5) is 24.5. The summed E-state index contributed by atoms with van der Waals surface area (Å²) in [5.74, 6) is -0.0766. The van der Waals surface area contributed by atoms with Crippen LogP contribution in [0.3, 0.4) is 0 Å². The number of rotatable bonds is 53. The van der Waals surface area contributed by atoms with Crippen molar-refractivity contribution in [2.45, 2.75) is 321 Å². The van der Waals surface area contributed by atoms with Crippen LogP contribution in [-0.4, -0.2) is 47.4 Å². The maximum Gasteiger partial charge on any atom is 0.305 e. The van der Waals surface area contributed by atoms with Gasteiger partial charge in [0.1, 0.15) is 0 Å². The largest absolute Gasteiger partial charge is 0.466 e. The predicted molar refractivity (Wildman–Crippen MR) is 278 cm³/mol. The van der Waals surface area contributed by atoms with Crippen LogP contribution in [0.4, 0.5) is 0 Å². The fourth-order valence-corrected chi connectivity index (χ4v) is 8.81. The van der Waals surface area contributed by atoms with E-state index in [1.807, 2.05) is 6.08 Å². The van der Waals surface area contributed by atoms with Crippen LogP contribution in [0, 0.1) is 0 Å². The third kappa shape index (κ3) is 49.8. The van der Waals surface area contributed by atoms with Crippen molar-refractivity contribution in [1.29, 1.82) is 0 Å². The summed E-state index contributed by atoms with van der Waals surface area (Å²) in [6, 6.07) is -0.636. The number of ether oxygens (including phenoxy) is 1. The topological polar surface area (TPSA) is 95.9 Å². The molecular weight excluding hydrogens is 791 g/mol. The number of esters is 1. The molecule has 0 spiro atoms. The second-order valence-electron chi connectivity index (χ2n) is 19.6. The third-order valence-corrected chi connectivity index (χ3v) is 13.2. The number of nitrogens with one attached hydrogen (secondary N) is 1. The van der Waals surface area contributed by atoms with Gasteiger partial charge in [-0.1, -0.05) is 263 Å². The quantitative estimate of drug-likeness (QED) is 0.0321. The van der Waals surface area contributed by atoms with Crippen LogP contribution in [0.25, 0.3) is 0 Å². The number of carbonyl (C=O) groups excluding carboxylic acids is 2. The van der Waals surface area contributed by atoms with Crippen LogP contribution >= 0.6 is 0 Å². The molecule has 6 nitrogen and oxygen atoms in total. The van der Waals surface area contributed by atoms with Gasteiger partial charge in [0.2, 0.25) is 5.91 Å². The lowest BCUT2D eigenvalue weighted by atomic mass is 10.0. The lowest BCUT2D eigenvalue weighted by Crippen LogP contribution is -2.45. The maximum atomic E-state index is 12.4. The number of hydrogen-bond acceptors (Lipinski definition) is 5. The molecule has 0 saturated heterocycles. The summed E-state index contributed by atoms with van der Waals surface area (Å²) >= 11 is 0. The van der Waals surface area contributed by atoms with Gasteiger partial charge in [-0.3, -0.25) is 9.59 Å². The van der Waals surface area contributed by atoms with Crippen LogP contribution < -0.4 is 5.32 Å². The monoisotopic (exact) mass is 902 g/mol. The molecule has 1 amide bonds. The molecule has 0 aliphatic carbocycles. The van der Waals surface area contributed by atoms with Crippen molar-refractivity contribution in [1.82, 2.24) is 5.32 Å². The van der Waals surface area contributed by atoms with Crippen LogP contribution in [0.5, 0.6) is 0 Å². The zero-order valence-corrected chi connectivity index (χ0v) is 43.0. The molecule has 64 heavy (non-hydrogen) atoms. The second kappa shape index (κ2) is 54.0. The summed E-state index contributed by atoms with van der Waals surface area (Å²) in [6.45, 7) is 4.89. The van der Waals surface area contributed by atoms with Crippen molar-refractivity contribution in [2.75, 3.05) is 13.2 Å². The zero-order valence-electron chi connectivity index (χ0n) is 43.0. The fourth-order valence-electron chi connectivity index (χ4n) is 8.81. The molecule has 2 unspecified atom stereocenters. The van der Waals surface area contributed by atoms with Gasteiger partial charge in [-0.25, -0.2) is 0 Å². The Kier molecular flexibility index (Phi) is 52.6. The van der Waals surface area contributed by atoms with Crippen LogP contribution in [0.2, 0.25) is 0 Å². The van der Waals surface area contributed by atoms with E-state index < -0.39 is 12.1 Å². The Morgan fingerprint density at radius 3 is 1.11 bits per heavy atom. The number of allylic oxidation sites excluding steroid dienone is 3. The minimum Gasteiger partial charge on any atom is -0.466 e. The molecule has 378 valence electrons. The Balaban J connectivity index is 3.43. The molecule has 0 aliphatic rings. The molecule has 0 rings (SSSR count). The average molecular weight is 903 g/mol. The Bertz CT molecular complexity index is 997. The molecule has 0 bridgehead atoms. The minimum atomic E-state index is -0.851. The first-order valence-corrected chi connectivity index (χ1v) is 28.6. The van der Waals surface area contributed by atoms with Gasteiger partial charge >= 0.3 is 5.97 Å². The van der Waals surface area contributed by atoms with Gasteiger partial charge in [0.25, 0.3) is 0 Å². The van der Waals surface area contributed by atoms with E-state index in [9.17, 15) is 19.8 Å². The standard InChI is InChI=1S/C58H111NO5/c1-3-5-7-9-11-13-15-17-18-21-25-28-32-36-40-44-48-52-58(63)64-53-49-45-41-37-33-29-26-23-20-19-22-24-27-31-35-39-43-47-51-57(62)59-55(54-60)56(61)50-46-42-38-34-30-16-14-12-10-8-6-4-2/h22,24,46,50,55-56,60-61H,3-21,23,25-45,47-49,51-54H2,1-2H3,(H,59,62)/b24-22-,50-46+. The molecular formula is C58H111NO5. The van der Waals surface area contributed by atoms with Gasteiger partial charge in [0.15, 0.2) is 0 Å². The van der Waals surface area contributed by atoms with E-state index in [1.54, 1.807) is 6.08 Å². The maximum absolute atomic E-state index is 12.4. The van der Waals surface area contributed by atoms with E-state index in [2.05, 4.69) is 31.3 Å². The molecule has 0 saturated carbocycles. The molecule has 3 N–H and O–H groups in total. The van der Waals surface area contributed by atoms with Gasteiger partial charge in [-0.05, 0) is 57.8 Å². The summed E-state index contributed by atoms with van der Waals surface area (Å²) < 4.78 is 5.48. The minimum absolute atomic E-state index is 0.00597. The van der Waals surface area contributed by atoms with Gasteiger partial charge in [0.05, 0.1) is 25.4 Å². The molecule has 0 aliphatic heterocycles. The molecule has 0 heterocycles. The highest BCUT2D eigenvalue weighted by Gasteiger charge is 2.18. The molecule has 0 aromatic heterocycles. The molecule has 6 heteroatoms. The van der Waals surface area contributed by atoms with Gasteiger partial charge in [-0.2, -0.15) is 0 Å². The highest BCUT2D eigenvalue weighted by atomic mass is 16.5. The highest BCUT2D eigenvalue weighted by molar-refractivity contribution is 5.76. The Labute approximate surface area is 399 Å². The number of amides is 1. The van der Waals surface area contributed by atoms with Gasteiger partial charge in [-0.15, -0.1) is 0 Å². The Morgan fingerprint density at radius 2 is 0.734 bits per heavy atom. The smallest absolute Gasteiger partial charge is 0.305 e. The number of aliphatic hydroxyl groups excluding tert-OH is 2. The molecule has 0 radical (unpaired) electrons. The molecule has 2 atom stereocenters. The van der Waals surface area contributed by atoms with Crippen molar-refractivity contribution in [3.8, 4) is 0 Å². The molecule has 0 fully saturated rings. The van der Waals surface area contributed by atoms with E-state index in [0.717, 1.165) is 57.8 Å². The van der Waals surface area contributed by atoms with E-state index >= 15 is 0 Å². The van der Waals surface area contributed by atoms with Crippen molar-refractivity contribution in [3.63, 3.8) is 0 Å². The lowest BCUT2D eigenvalue weighted by molar-refractivity contribution is -0.143. The lowest BCUT2D eigenvalue weighted by Gasteiger charge is -2.20. The number of aliphatic hydroxyl groups is 2. The van der Waals surface area contributed by atoms with E-state index in [1.165, 1.54) is 225 Å². The van der Waals surface area contributed by atoms with Crippen LogP contribution in [0.1, 0.15) is 309 Å². The van der Waals surface area contributed by atoms with Gasteiger partial charge in [0, 0.05) is 12.8 Å². The predicted octanol–water partition coefficient (Wildman–Crippen LogP) is 17.5. The molecule has 0 aromatic carbocycles. The SMILES string of the molecule is CCCCCCCCCCCC/C=C/C(O)C(CO)NC(=O)CCCCCCC/C=C\CCCCCCCCCCCOC(=O)CCCCCCCCCCCCCCCCCCC. The first kappa shape index (κ1) is 62.3. The zero-order chi connectivity index (χ0) is 46.5. The van der Waals surface area contributed by atoms with Crippen molar-refractivity contribution in [3.05, 3.63) is 24.3 Å². The Morgan fingerprint density at radius 1 is 0.422 bits per heavy atom. The number of unbranched alkanes of at least 4 members (excludes halogenated alkanes) is 40. The fraction of sp³-hybridized carbons (Fsp3) is 0.897. The van der Waals surface area contributed by atoms with Crippen molar-refractivity contribution in [2.24, 2.45) is 0 Å². The first-order valence-electron chi connectivity index (χ1n) is 28.6. The van der Waals surface area contributed by atoms with E-state index in [4.69, 9.17) is 4.74 Å². The number of carbonyl (C=O) groups is 2. The summed E-state index contributed by atoms with van der Waals surface area (Å²) in [6.07, 6.45) is 64.8. The van der Waals surface area contributed by atoms with Crippen molar-refractivity contribution < 1.29 is 24.5 Å². The average Bonchev–Trinajstić information content (AvgIpc) is 3.29. The van der Waals surface area contributed by atoms with E-state index in [0.29, 0.717) is 19.4 Å². The van der Waals surface area contributed by atoms with Crippen LogP contribution in [-0.2, 0) is 14.3 Å². The van der Waals surface area contributed by atoms with E-state index in [-0.39, 0.29) is 18.5 Å². The summed E-state index contributed by atoms with van der Waals surface area (Å²) in [7, 11) is 0. The van der Waals surface area contributed by atoms with Crippen molar-refractivity contribution >= 4 is 11.9 Å². The summed E-state index contributed by atoms with van der Waals surface area (Å²) in [5.41, 5.74) is 0. The number of hydrogen-bond donors (Lipinski definition) is 3. The van der Waals surface area contributed by atoms with Gasteiger partial charge < -0.3 is 20.3 Å². The normalized spacial score (nSPS) is 12.8. The summed E-state index contributed by atoms with van der Waals surface area (Å²) in [5, 5.41) is 23.0. The van der Waals surface area contributed by atoms with Crippen LogP contribution in [0.15, 0.2) is 24.3 Å². The first-order chi connectivity index (χ1) is 31.5. The Hall–Kier alpha value is -1.66.